The van der Waals surface area contributed by atoms with Gasteiger partial charge in [0, 0.05) is 7.05 Å². The third-order valence-electron chi connectivity index (χ3n) is 4.95. The summed E-state index contributed by atoms with van der Waals surface area (Å²) in [5.41, 5.74) is 1.69. The first-order chi connectivity index (χ1) is 16.7. The number of thioether (sulfide) groups is 1. The number of esters is 1. The fourth-order valence-corrected chi connectivity index (χ4v) is 4.40. The van der Waals surface area contributed by atoms with E-state index in [2.05, 4.69) is 9.73 Å². The van der Waals surface area contributed by atoms with Crippen LogP contribution in [0.2, 0.25) is 5.02 Å². The molecule has 1 N–H and O–H groups in total. The van der Waals surface area contributed by atoms with Gasteiger partial charge >= 0.3 is 11.9 Å². The van der Waals surface area contributed by atoms with Crippen molar-refractivity contribution in [1.82, 2.24) is 4.90 Å². The van der Waals surface area contributed by atoms with Crippen LogP contribution in [0.3, 0.4) is 0 Å². The molecule has 0 radical (unpaired) electrons. The average molecular weight is 519 g/mol. The van der Waals surface area contributed by atoms with Crippen molar-refractivity contribution in [2.45, 2.75) is 13.8 Å². The van der Waals surface area contributed by atoms with E-state index in [1.807, 2.05) is 0 Å². The first-order valence-corrected chi connectivity index (χ1v) is 11.6. The molecule has 1 fully saturated rings. The van der Waals surface area contributed by atoms with E-state index in [4.69, 9.17) is 21.1 Å². The molecule has 35 heavy (non-hydrogen) atoms. The minimum atomic E-state index is -1.05. The summed E-state index contributed by atoms with van der Waals surface area (Å²) in [6.07, 6.45) is 1.64. The minimum Gasteiger partial charge on any atom is -0.490 e. The van der Waals surface area contributed by atoms with Gasteiger partial charge in [0.25, 0.3) is 5.91 Å². The second-order valence-corrected chi connectivity index (χ2v) is 8.67. The van der Waals surface area contributed by atoms with Crippen molar-refractivity contribution in [3.05, 3.63) is 56.9 Å². The highest BCUT2D eigenvalue weighted by Gasteiger charge is 2.31. The number of aliphatic imine (C=N–C) groups is 1. The predicted octanol–water partition coefficient (Wildman–Crippen LogP) is 4.53. The Morgan fingerprint density at radius 2 is 2.00 bits per heavy atom. The van der Waals surface area contributed by atoms with Crippen LogP contribution < -0.4 is 9.47 Å². The van der Waals surface area contributed by atoms with Gasteiger partial charge in [-0.3, -0.25) is 9.69 Å². The number of carboxylic acids is 1. The van der Waals surface area contributed by atoms with Gasteiger partial charge in [-0.25, -0.2) is 14.6 Å². The van der Waals surface area contributed by atoms with Crippen LogP contribution in [0.4, 0.5) is 5.69 Å². The number of rotatable bonds is 8. The molecule has 1 amide bonds. The molecule has 9 nitrogen and oxygen atoms in total. The summed E-state index contributed by atoms with van der Waals surface area (Å²) in [6.45, 7) is 3.45. The van der Waals surface area contributed by atoms with Crippen molar-refractivity contribution < 1.29 is 33.7 Å². The molecule has 0 bridgehead atoms. The van der Waals surface area contributed by atoms with Crippen molar-refractivity contribution in [3.63, 3.8) is 0 Å². The highest BCUT2D eigenvalue weighted by molar-refractivity contribution is 8.18. The van der Waals surface area contributed by atoms with Crippen LogP contribution in [0.25, 0.3) is 6.08 Å². The lowest BCUT2D eigenvalue weighted by atomic mass is 10.1. The van der Waals surface area contributed by atoms with Gasteiger partial charge in [-0.05, 0) is 67.1 Å². The Morgan fingerprint density at radius 1 is 1.26 bits per heavy atom. The van der Waals surface area contributed by atoms with Crippen molar-refractivity contribution in [1.29, 1.82) is 0 Å². The highest BCUT2D eigenvalue weighted by Crippen LogP contribution is 2.39. The Bertz CT molecular complexity index is 1240. The molecule has 0 aromatic heterocycles. The number of halogens is 1. The van der Waals surface area contributed by atoms with E-state index in [1.165, 1.54) is 18.1 Å². The van der Waals surface area contributed by atoms with Gasteiger partial charge in [0.1, 0.15) is 0 Å². The molecule has 2 aromatic carbocycles. The molecule has 3 rings (SSSR count). The Kier molecular flexibility index (Phi) is 8.42. The molecule has 0 aliphatic carbocycles. The number of methoxy groups -OCH3 is 1. The van der Waals surface area contributed by atoms with Crippen molar-refractivity contribution in [2.24, 2.45) is 4.99 Å². The lowest BCUT2D eigenvalue weighted by molar-refractivity contribution is -0.142. The first-order valence-electron chi connectivity index (χ1n) is 10.4. The maximum absolute atomic E-state index is 12.9. The Labute approximate surface area is 211 Å². The summed E-state index contributed by atoms with van der Waals surface area (Å²) in [5, 5.41) is 9.95. The van der Waals surface area contributed by atoms with E-state index in [1.54, 1.807) is 51.2 Å². The monoisotopic (exact) mass is 518 g/mol. The smallest absolute Gasteiger partial charge is 0.343 e. The van der Waals surface area contributed by atoms with Gasteiger partial charge in [0.05, 0.1) is 34.9 Å². The molecule has 184 valence electrons. The largest absolute Gasteiger partial charge is 0.490 e. The molecular formula is C24H23ClN2O7S. The number of likely N-dealkylation sites (N-methyl/N-ethyl adjacent to an activating group) is 1. The number of carbonyl (C=O) groups is 3. The number of aromatic carboxylic acids is 1. The van der Waals surface area contributed by atoms with E-state index in [9.17, 15) is 19.5 Å². The maximum atomic E-state index is 12.9. The van der Waals surface area contributed by atoms with Crippen LogP contribution in [0.1, 0.15) is 28.4 Å². The van der Waals surface area contributed by atoms with Crippen molar-refractivity contribution in [2.75, 3.05) is 27.4 Å². The summed E-state index contributed by atoms with van der Waals surface area (Å²) in [5.74, 6) is -1.38. The molecule has 11 heteroatoms. The summed E-state index contributed by atoms with van der Waals surface area (Å²) in [4.78, 5) is 42.0. The van der Waals surface area contributed by atoms with Gasteiger partial charge in [0.15, 0.2) is 23.3 Å². The van der Waals surface area contributed by atoms with Crippen LogP contribution >= 0.6 is 23.4 Å². The Balaban J connectivity index is 1.93. The summed E-state index contributed by atoms with van der Waals surface area (Å²) >= 11 is 7.53. The second-order valence-electron chi connectivity index (χ2n) is 7.25. The number of ether oxygens (including phenoxy) is 3. The van der Waals surface area contributed by atoms with E-state index < -0.39 is 11.9 Å². The van der Waals surface area contributed by atoms with E-state index in [0.717, 1.165) is 11.8 Å². The molecule has 1 aliphatic heterocycles. The van der Waals surface area contributed by atoms with Gasteiger partial charge in [-0.15, -0.1) is 0 Å². The third kappa shape index (κ3) is 5.95. The SMILES string of the molecule is CCOc1cc(/C=C2\SC(=Nc3cccc(C(=O)O)c3C)N(C)C2=O)cc(Cl)c1OCC(=O)OC. The number of benzene rings is 2. The maximum Gasteiger partial charge on any atom is 0.343 e. The molecule has 0 unspecified atom stereocenters. The Hall–Kier alpha value is -3.50. The zero-order valence-electron chi connectivity index (χ0n) is 19.5. The fraction of sp³-hybridized carbons (Fsp3) is 0.250. The summed E-state index contributed by atoms with van der Waals surface area (Å²) < 4.78 is 15.7. The molecule has 1 aliphatic rings. The van der Waals surface area contributed by atoms with Crippen molar-refractivity contribution >= 4 is 58.1 Å². The predicted molar refractivity (Wildman–Crippen MR) is 134 cm³/mol. The second kappa shape index (κ2) is 11.3. The molecule has 0 atom stereocenters. The third-order valence-corrected chi connectivity index (χ3v) is 6.29. The van der Waals surface area contributed by atoms with Gasteiger partial charge < -0.3 is 19.3 Å². The van der Waals surface area contributed by atoms with Crippen LogP contribution in [-0.2, 0) is 14.3 Å². The van der Waals surface area contributed by atoms with Crippen LogP contribution in [0, 0.1) is 6.92 Å². The van der Waals surface area contributed by atoms with Crippen LogP contribution in [0.15, 0.2) is 40.2 Å². The molecule has 1 saturated heterocycles. The van der Waals surface area contributed by atoms with Crippen LogP contribution in [0.5, 0.6) is 11.5 Å². The molecular weight excluding hydrogens is 496 g/mol. The normalized spacial score (nSPS) is 15.6. The number of nitrogens with zero attached hydrogens (tertiary/aromatic N) is 2. The number of hydrogen-bond acceptors (Lipinski definition) is 8. The Morgan fingerprint density at radius 3 is 2.66 bits per heavy atom. The number of amides is 1. The number of carboxylic acid groups (broad SMARTS) is 1. The standard InChI is InChI=1S/C24H23ClN2O7S/c1-5-33-18-10-14(9-16(25)21(18)34-12-20(28)32-4)11-19-22(29)27(3)24(35-19)26-17-8-6-7-15(13(17)2)23(30)31/h6-11H,5,12H2,1-4H3,(H,30,31)/b19-11-,26-24?. The number of amidine groups is 1. The zero-order chi connectivity index (χ0) is 25.7. The zero-order valence-corrected chi connectivity index (χ0v) is 21.0. The fourth-order valence-electron chi connectivity index (χ4n) is 3.15. The van der Waals surface area contributed by atoms with Crippen molar-refractivity contribution in [3.8, 4) is 11.5 Å². The van der Waals surface area contributed by atoms with E-state index in [-0.39, 0.29) is 28.8 Å². The topological polar surface area (TPSA) is 115 Å². The molecule has 1 heterocycles. The summed E-state index contributed by atoms with van der Waals surface area (Å²) in [7, 11) is 2.84. The quantitative estimate of drug-likeness (QED) is 0.400. The highest BCUT2D eigenvalue weighted by atomic mass is 35.5. The van der Waals surface area contributed by atoms with Gasteiger partial charge in [-0.2, -0.15) is 0 Å². The molecule has 0 spiro atoms. The van der Waals surface area contributed by atoms with E-state index >= 15 is 0 Å². The number of carbonyl (C=O) groups excluding carboxylic acids is 2. The number of hydrogen-bond donors (Lipinski definition) is 1. The molecule has 0 saturated carbocycles. The van der Waals surface area contributed by atoms with Gasteiger partial charge in [-0.1, -0.05) is 17.7 Å². The summed E-state index contributed by atoms with van der Waals surface area (Å²) in [6, 6.07) is 8.04. The first kappa shape index (κ1) is 26.1. The van der Waals surface area contributed by atoms with E-state index in [0.29, 0.717) is 39.2 Å². The van der Waals surface area contributed by atoms with Crippen LogP contribution in [-0.4, -0.2) is 60.4 Å². The minimum absolute atomic E-state index is 0.146. The van der Waals surface area contributed by atoms with Gasteiger partial charge in [0.2, 0.25) is 0 Å². The average Bonchev–Trinajstić information content (AvgIpc) is 3.07. The molecule has 2 aromatic rings. The lowest BCUT2D eigenvalue weighted by Gasteiger charge is -2.14. The lowest BCUT2D eigenvalue weighted by Crippen LogP contribution is -2.23.